The second-order valence-electron chi connectivity index (χ2n) is 5.04. The summed E-state index contributed by atoms with van der Waals surface area (Å²) in [6, 6.07) is 11.3. The highest BCUT2D eigenvalue weighted by Crippen LogP contribution is 2.29. The van der Waals surface area contributed by atoms with Crippen molar-refractivity contribution in [2.45, 2.75) is 12.8 Å². The molecule has 25 heavy (non-hydrogen) atoms. The highest BCUT2D eigenvalue weighted by Gasteiger charge is 2.30. The summed E-state index contributed by atoms with van der Waals surface area (Å²) in [5, 5.41) is 17.2. The Balaban J connectivity index is 0.000000324. The fourth-order valence-electron chi connectivity index (χ4n) is 1.65. The minimum absolute atomic E-state index is 0.0683. The van der Waals surface area contributed by atoms with E-state index in [1.54, 1.807) is 18.2 Å². The van der Waals surface area contributed by atoms with Gasteiger partial charge in [-0.15, -0.1) is 0 Å². The Morgan fingerprint density at radius 3 is 2.48 bits per heavy atom. The van der Waals surface area contributed by atoms with E-state index in [2.05, 4.69) is 11.3 Å². The maximum Gasteiger partial charge on any atom is 0.335 e. The third-order valence-corrected chi connectivity index (χ3v) is 3.06. The van der Waals surface area contributed by atoms with E-state index < -0.39 is 5.97 Å². The second-order valence-corrected chi connectivity index (χ2v) is 5.04. The Morgan fingerprint density at radius 1 is 1.28 bits per heavy atom. The van der Waals surface area contributed by atoms with Gasteiger partial charge in [0.1, 0.15) is 0 Å². The molecule has 5 nitrogen and oxygen atoms in total. The summed E-state index contributed by atoms with van der Waals surface area (Å²) in [6.45, 7) is 3.27. The van der Waals surface area contributed by atoms with Gasteiger partial charge in [0.15, 0.2) is 0 Å². The summed E-state index contributed by atoms with van der Waals surface area (Å²) in [6.07, 6.45) is 10.4. The van der Waals surface area contributed by atoms with Crippen molar-refractivity contribution in [1.29, 1.82) is 5.26 Å². The molecule has 0 amide bonds. The number of aliphatic carboxylic acids is 1. The number of hydrogen-bond acceptors (Lipinski definition) is 4. The predicted octanol–water partition coefficient (Wildman–Crippen LogP) is 3.87. The first-order valence-corrected chi connectivity index (χ1v) is 7.62. The number of nitrogens with zero attached hydrogens (tertiary/aromatic N) is 1. The smallest absolute Gasteiger partial charge is 0.335 e. The van der Waals surface area contributed by atoms with Gasteiger partial charge in [0.25, 0.3) is 0 Å². The molecule has 1 aliphatic rings. The minimum Gasteiger partial charge on any atom is -0.478 e. The predicted molar refractivity (Wildman–Crippen MR) is 95.0 cm³/mol. The van der Waals surface area contributed by atoms with E-state index in [9.17, 15) is 9.59 Å². The minimum atomic E-state index is -1.06. The number of esters is 1. The van der Waals surface area contributed by atoms with Crippen LogP contribution in [0.15, 0.2) is 73.1 Å². The molecule has 1 aliphatic carbocycles. The van der Waals surface area contributed by atoms with Crippen molar-refractivity contribution in [2.75, 3.05) is 0 Å². The molecule has 5 heteroatoms. The number of carbonyl (C=O) groups excluding carboxylic acids is 1. The molecule has 0 unspecified atom stereocenters. The van der Waals surface area contributed by atoms with E-state index >= 15 is 0 Å². The van der Waals surface area contributed by atoms with E-state index in [1.807, 2.05) is 30.3 Å². The monoisotopic (exact) mass is 337 g/mol. The van der Waals surface area contributed by atoms with E-state index in [-0.39, 0.29) is 17.5 Å². The summed E-state index contributed by atoms with van der Waals surface area (Å²) in [4.78, 5) is 21.3. The van der Waals surface area contributed by atoms with Gasteiger partial charge in [-0.2, -0.15) is 5.26 Å². The number of benzene rings is 1. The quantitative estimate of drug-likeness (QED) is 0.280. The average Bonchev–Trinajstić information content (AvgIpc) is 3.44. The first-order chi connectivity index (χ1) is 12.1. The zero-order chi connectivity index (χ0) is 18.5. The summed E-state index contributed by atoms with van der Waals surface area (Å²) in [5.41, 5.74) is 1.05. The van der Waals surface area contributed by atoms with Crippen molar-refractivity contribution < 1.29 is 19.4 Å². The number of ether oxygens (including phenoxy) is 1. The molecule has 0 bridgehead atoms. The van der Waals surface area contributed by atoms with Crippen molar-refractivity contribution in [3.05, 3.63) is 78.6 Å². The van der Waals surface area contributed by atoms with E-state index in [0.717, 1.165) is 24.5 Å². The molecule has 1 aromatic carbocycles. The SMILES string of the molecule is C=COC(=O)C1CC1.N#CC=CC(=CC=Cc1ccccc1)C(=O)O. The summed E-state index contributed by atoms with van der Waals surface area (Å²) >= 11 is 0. The molecule has 0 heterocycles. The second kappa shape index (κ2) is 11.2. The fourth-order valence-corrected chi connectivity index (χ4v) is 1.65. The lowest BCUT2D eigenvalue weighted by Crippen LogP contribution is -2.00. The number of rotatable bonds is 6. The largest absolute Gasteiger partial charge is 0.478 e. The van der Waals surface area contributed by atoms with E-state index in [4.69, 9.17) is 10.4 Å². The van der Waals surface area contributed by atoms with Crippen molar-refractivity contribution in [3.63, 3.8) is 0 Å². The van der Waals surface area contributed by atoms with Crippen LogP contribution < -0.4 is 0 Å². The Labute approximate surface area is 146 Å². The fraction of sp³-hybridized carbons (Fsp3) is 0.150. The molecule has 0 aromatic heterocycles. The van der Waals surface area contributed by atoms with Crippen LogP contribution >= 0.6 is 0 Å². The van der Waals surface area contributed by atoms with Gasteiger partial charge in [-0.05, 0) is 30.6 Å². The molecule has 0 saturated heterocycles. The van der Waals surface area contributed by atoms with Crippen LogP contribution in [-0.2, 0) is 14.3 Å². The zero-order valence-electron chi connectivity index (χ0n) is 13.7. The topological polar surface area (TPSA) is 87.4 Å². The Bertz CT molecular complexity index is 720. The third kappa shape index (κ3) is 8.72. The molecule has 1 aromatic rings. The molecule has 2 rings (SSSR count). The van der Waals surface area contributed by atoms with Gasteiger partial charge in [-0.25, -0.2) is 4.79 Å². The Morgan fingerprint density at radius 2 is 1.96 bits per heavy atom. The van der Waals surface area contributed by atoms with Crippen molar-refractivity contribution in [2.24, 2.45) is 5.92 Å². The van der Waals surface area contributed by atoms with Crippen LogP contribution in [0, 0.1) is 17.2 Å². The maximum atomic E-state index is 10.8. The van der Waals surface area contributed by atoms with Gasteiger partial charge in [0.2, 0.25) is 0 Å². The van der Waals surface area contributed by atoms with Crippen molar-refractivity contribution >= 4 is 18.0 Å². The van der Waals surface area contributed by atoms with Crippen LogP contribution in [0.4, 0.5) is 0 Å². The van der Waals surface area contributed by atoms with Crippen LogP contribution in [0.25, 0.3) is 6.08 Å². The molecule has 0 atom stereocenters. The molecule has 0 spiro atoms. The molecule has 1 N–H and O–H groups in total. The summed E-state index contributed by atoms with van der Waals surface area (Å²) in [7, 11) is 0. The lowest BCUT2D eigenvalue weighted by molar-refractivity contribution is -0.139. The number of hydrogen-bond donors (Lipinski definition) is 1. The molecule has 1 saturated carbocycles. The highest BCUT2D eigenvalue weighted by atomic mass is 16.5. The van der Waals surface area contributed by atoms with Crippen molar-refractivity contribution in [1.82, 2.24) is 0 Å². The number of carboxylic acid groups (broad SMARTS) is 1. The Kier molecular flexibility index (Phi) is 8.80. The van der Waals surface area contributed by atoms with Crippen LogP contribution in [0.1, 0.15) is 18.4 Å². The number of allylic oxidation sites excluding steroid dienone is 3. The maximum absolute atomic E-state index is 10.8. The van der Waals surface area contributed by atoms with Gasteiger partial charge in [0, 0.05) is 6.08 Å². The zero-order valence-corrected chi connectivity index (χ0v) is 13.7. The standard InChI is InChI=1S/C14H11NO2.C6H8O2/c15-11-5-10-13(14(16)17)9-4-8-12-6-2-1-3-7-12;1-2-8-6(7)5-3-4-5/h1-10H,(H,16,17);2,5H,1,3-4H2. The van der Waals surface area contributed by atoms with Gasteiger partial charge in [-0.1, -0.05) is 49.1 Å². The van der Waals surface area contributed by atoms with Gasteiger partial charge < -0.3 is 9.84 Å². The first-order valence-electron chi connectivity index (χ1n) is 7.62. The van der Waals surface area contributed by atoms with Crippen LogP contribution in [-0.4, -0.2) is 17.0 Å². The highest BCUT2D eigenvalue weighted by molar-refractivity contribution is 5.90. The first kappa shape index (κ1) is 19.7. The van der Waals surface area contributed by atoms with Crippen LogP contribution in [0.3, 0.4) is 0 Å². The lowest BCUT2D eigenvalue weighted by atomic mass is 10.2. The van der Waals surface area contributed by atoms with Gasteiger partial charge >= 0.3 is 11.9 Å². The van der Waals surface area contributed by atoms with Crippen molar-refractivity contribution in [3.8, 4) is 6.07 Å². The Hall–Kier alpha value is -3.39. The summed E-state index contributed by atoms with van der Waals surface area (Å²) < 4.78 is 4.49. The number of carboxylic acids is 1. The normalized spacial score (nSPS) is 13.6. The molecular weight excluding hydrogens is 318 g/mol. The van der Waals surface area contributed by atoms with Gasteiger partial charge in [0.05, 0.1) is 23.8 Å². The molecule has 0 radical (unpaired) electrons. The number of carbonyl (C=O) groups is 2. The summed E-state index contributed by atoms with van der Waals surface area (Å²) in [5.74, 6) is -0.998. The van der Waals surface area contributed by atoms with Crippen LogP contribution in [0.5, 0.6) is 0 Å². The van der Waals surface area contributed by atoms with E-state index in [1.165, 1.54) is 18.4 Å². The molecule has 0 aliphatic heterocycles. The molecular formula is C20H19NO4. The molecule has 1 fully saturated rings. The van der Waals surface area contributed by atoms with E-state index in [0.29, 0.717) is 0 Å². The third-order valence-electron chi connectivity index (χ3n) is 3.06. The average molecular weight is 337 g/mol. The lowest BCUT2D eigenvalue weighted by Gasteiger charge is -1.91. The van der Waals surface area contributed by atoms with Crippen LogP contribution in [0.2, 0.25) is 0 Å². The molecule has 128 valence electrons. The van der Waals surface area contributed by atoms with Gasteiger partial charge in [-0.3, -0.25) is 4.79 Å². The number of nitriles is 1.